The van der Waals surface area contributed by atoms with E-state index >= 15 is 0 Å². The first-order chi connectivity index (χ1) is 10.6. The van der Waals surface area contributed by atoms with E-state index in [-0.39, 0.29) is 5.56 Å². The summed E-state index contributed by atoms with van der Waals surface area (Å²) >= 11 is 0. The van der Waals surface area contributed by atoms with Crippen LogP contribution in [0.3, 0.4) is 0 Å². The average Bonchev–Trinajstić information content (AvgIpc) is 2.51. The van der Waals surface area contributed by atoms with Crippen LogP contribution in [-0.4, -0.2) is 11.2 Å². The van der Waals surface area contributed by atoms with Crippen molar-refractivity contribution in [1.29, 1.82) is 5.26 Å². The molecule has 0 saturated carbocycles. The Kier molecular flexibility index (Phi) is 5.37. The fourth-order valence-corrected chi connectivity index (χ4v) is 2.10. The van der Waals surface area contributed by atoms with Gasteiger partial charge in [-0.2, -0.15) is 5.26 Å². The molecule has 0 amide bonds. The number of ether oxygens (including phenoxy) is 1. The highest BCUT2D eigenvalue weighted by Crippen LogP contribution is 2.10. The summed E-state index contributed by atoms with van der Waals surface area (Å²) in [6, 6.07) is 12.9. The van der Waals surface area contributed by atoms with Gasteiger partial charge in [0, 0.05) is 6.20 Å². The van der Waals surface area contributed by atoms with Crippen molar-refractivity contribution in [1.82, 2.24) is 4.57 Å². The van der Waals surface area contributed by atoms with Crippen LogP contribution >= 0.6 is 0 Å². The molecule has 0 aliphatic heterocycles. The zero-order valence-corrected chi connectivity index (χ0v) is 13.0. The molecule has 1 aromatic carbocycles. The van der Waals surface area contributed by atoms with Crippen molar-refractivity contribution in [2.45, 2.75) is 26.8 Å². The van der Waals surface area contributed by atoms with Crippen LogP contribution in [0.5, 0.6) is 5.75 Å². The minimum absolute atomic E-state index is 0.168. The molecule has 1 heterocycles. The van der Waals surface area contributed by atoms with Crippen LogP contribution in [0.1, 0.15) is 31.4 Å². The molecule has 0 radical (unpaired) electrons. The molecule has 0 saturated heterocycles. The van der Waals surface area contributed by atoms with Crippen LogP contribution < -0.4 is 10.3 Å². The van der Waals surface area contributed by atoms with Gasteiger partial charge in [0.2, 0.25) is 0 Å². The van der Waals surface area contributed by atoms with E-state index in [1.54, 1.807) is 29.0 Å². The molecule has 0 spiro atoms. The second-order valence-electron chi connectivity index (χ2n) is 5.61. The molecule has 2 aromatic rings. The van der Waals surface area contributed by atoms with Gasteiger partial charge in [-0.25, -0.2) is 0 Å². The zero-order valence-electron chi connectivity index (χ0n) is 13.0. The second-order valence-corrected chi connectivity index (χ2v) is 5.61. The summed E-state index contributed by atoms with van der Waals surface area (Å²) in [5.41, 5.74) is 1.24. The van der Waals surface area contributed by atoms with Crippen LogP contribution in [0.4, 0.5) is 0 Å². The summed E-state index contributed by atoms with van der Waals surface area (Å²) in [7, 11) is 0. The number of nitrogens with zero attached hydrogens (tertiary/aromatic N) is 2. The lowest BCUT2D eigenvalue weighted by atomic mass is 10.1. The Balaban J connectivity index is 2.19. The first kappa shape index (κ1) is 15.8. The van der Waals surface area contributed by atoms with E-state index in [9.17, 15) is 4.79 Å². The first-order valence-electron chi connectivity index (χ1n) is 7.42. The third kappa shape index (κ3) is 3.98. The number of benzene rings is 1. The lowest BCUT2D eigenvalue weighted by Gasteiger charge is -2.11. The van der Waals surface area contributed by atoms with Crippen molar-refractivity contribution in [3.8, 4) is 11.8 Å². The van der Waals surface area contributed by atoms with Gasteiger partial charge in [0.15, 0.2) is 5.75 Å². The SMILES string of the molecule is CC(C)CCOc1cccn(Cc2ccccc2C#N)c1=O. The normalized spacial score (nSPS) is 10.5. The van der Waals surface area contributed by atoms with Gasteiger partial charge in [0.25, 0.3) is 5.56 Å². The lowest BCUT2D eigenvalue weighted by molar-refractivity contribution is 0.284. The Morgan fingerprint density at radius 2 is 2.00 bits per heavy atom. The Labute approximate surface area is 130 Å². The van der Waals surface area contributed by atoms with Gasteiger partial charge >= 0.3 is 0 Å². The summed E-state index contributed by atoms with van der Waals surface area (Å²) in [5, 5.41) is 9.13. The van der Waals surface area contributed by atoms with Gasteiger partial charge in [-0.3, -0.25) is 4.79 Å². The molecule has 0 aliphatic rings. The van der Waals surface area contributed by atoms with Crippen molar-refractivity contribution in [2.24, 2.45) is 5.92 Å². The fraction of sp³-hybridized carbons (Fsp3) is 0.333. The number of nitriles is 1. The molecule has 1 aromatic heterocycles. The summed E-state index contributed by atoms with van der Waals surface area (Å²) in [5.74, 6) is 0.894. The summed E-state index contributed by atoms with van der Waals surface area (Å²) in [6.45, 7) is 5.13. The summed E-state index contributed by atoms with van der Waals surface area (Å²) in [4.78, 5) is 12.4. The monoisotopic (exact) mass is 296 g/mol. The molecule has 22 heavy (non-hydrogen) atoms. The zero-order chi connectivity index (χ0) is 15.9. The molecular weight excluding hydrogens is 276 g/mol. The van der Waals surface area contributed by atoms with E-state index in [2.05, 4.69) is 19.9 Å². The van der Waals surface area contributed by atoms with Gasteiger partial charge < -0.3 is 9.30 Å². The van der Waals surface area contributed by atoms with Crippen molar-refractivity contribution >= 4 is 0 Å². The molecule has 0 fully saturated rings. The van der Waals surface area contributed by atoms with E-state index in [0.29, 0.717) is 30.4 Å². The highest BCUT2D eigenvalue weighted by atomic mass is 16.5. The Hall–Kier alpha value is -2.54. The molecule has 0 atom stereocenters. The Morgan fingerprint density at radius 1 is 1.23 bits per heavy atom. The van der Waals surface area contributed by atoms with Crippen molar-refractivity contribution in [2.75, 3.05) is 6.61 Å². The Bertz CT molecular complexity index is 726. The smallest absolute Gasteiger partial charge is 0.293 e. The van der Waals surface area contributed by atoms with E-state index in [1.807, 2.05) is 18.2 Å². The summed E-state index contributed by atoms with van der Waals surface area (Å²) < 4.78 is 7.15. The van der Waals surface area contributed by atoms with Crippen molar-refractivity contribution < 1.29 is 4.74 Å². The van der Waals surface area contributed by atoms with Crippen molar-refractivity contribution in [3.05, 3.63) is 64.1 Å². The molecule has 0 unspecified atom stereocenters. The maximum Gasteiger partial charge on any atom is 0.293 e. The predicted molar refractivity (Wildman–Crippen MR) is 85.9 cm³/mol. The fourth-order valence-electron chi connectivity index (χ4n) is 2.10. The number of pyridine rings is 1. The van der Waals surface area contributed by atoms with E-state index < -0.39 is 0 Å². The minimum Gasteiger partial charge on any atom is -0.488 e. The first-order valence-corrected chi connectivity index (χ1v) is 7.42. The van der Waals surface area contributed by atoms with Gasteiger partial charge in [0.1, 0.15) is 0 Å². The number of aromatic nitrogens is 1. The topological polar surface area (TPSA) is 55.0 Å². The van der Waals surface area contributed by atoms with Gasteiger partial charge in [-0.15, -0.1) is 0 Å². The van der Waals surface area contributed by atoms with Crippen LogP contribution in [0.25, 0.3) is 0 Å². The van der Waals surface area contributed by atoms with Crippen LogP contribution in [0.2, 0.25) is 0 Å². The molecule has 4 nitrogen and oxygen atoms in total. The number of hydrogen-bond acceptors (Lipinski definition) is 3. The highest BCUT2D eigenvalue weighted by Gasteiger charge is 2.07. The molecule has 2 rings (SSSR count). The predicted octanol–water partition coefficient (Wildman–Crippen LogP) is 3.19. The third-order valence-corrected chi connectivity index (χ3v) is 3.42. The number of rotatable bonds is 6. The minimum atomic E-state index is -0.168. The molecular formula is C18H20N2O2. The Morgan fingerprint density at radius 3 is 2.73 bits per heavy atom. The largest absolute Gasteiger partial charge is 0.488 e. The lowest BCUT2D eigenvalue weighted by Crippen LogP contribution is -2.22. The average molecular weight is 296 g/mol. The molecule has 0 N–H and O–H groups in total. The quantitative estimate of drug-likeness (QED) is 0.822. The molecule has 0 bridgehead atoms. The summed E-state index contributed by atoms with van der Waals surface area (Å²) in [6.07, 6.45) is 2.62. The van der Waals surface area contributed by atoms with Crippen LogP contribution in [0, 0.1) is 17.2 Å². The second kappa shape index (κ2) is 7.46. The van der Waals surface area contributed by atoms with Gasteiger partial charge in [0.05, 0.1) is 24.8 Å². The van der Waals surface area contributed by atoms with E-state index in [0.717, 1.165) is 12.0 Å². The van der Waals surface area contributed by atoms with Crippen molar-refractivity contribution in [3.63, 3.8) is 0 Å². The molecule has 0 aliphatic carbocycles. The molecule has 4 heteroatoms. The highest BCUT2D eigenvalue weighted by molar-refractivity contribution is 5.37. The maximum atomic E-state index is 12.4. The van der Waals surface area contributed by atoms with Gasteiger partial charge in [-0.1, -0.05) is 32.0 Å². The van der Waals surface area contributed by atoms with E-state index in [4.69, 9.17) is 10.00 Å². The standard InChI is InChI=1S/C18H20N2O2/c1-14(2)9-11-22-17-8-5-10-20(18(17)21)13-16-7-4-3-6-15(16)12-19/h3-8,10,14H,9,11,13H2,1-2H3. The van der Waals surface area contributed by atoms with Crippen LogP contribution in [-0.2, 0) is 6.54 Å². The maximum absolute atomic E-state index is 12.4. The van der Waals surface area contributed by atoms with Crippen LogP contribution in [0.15, 0.2) is 47.4 Å². The number of hydrogen-bond donors (Lipinski definition) is 0. The van der Waals surface area contributed by atoms with Gasteiger partial charge in [-0.05, 0) is 36.1 Å². The molecule has 114 valence electrons. The third-order valence-electron chi connectivity index (χ3n) is 3.42. The van der Waals surface area contributed by atoms with E-state index in [1.165, 1.54) is 0 Å².